The monoisotopic (exact) mass is 494 g/mol. The lowest BCUT2D eigenvalue weighted by Gasteiger charge is -2.18. The van der Waals surface area contributed by atoms with Gasteiger partial charge in [-0.15, -0.1) is 11.3 Å². The third-order valence-corrected chi connectivity index (χ3v) is 8.19. The van der Waals surface area contributed by atoms with Crippen LogP contribution in [0, 0.1) is 12.8 Å². The number of hydrogen-bond donors (Lipinski definition) is 1. The average Bonchev–Trinajstić information content (AvgIpc) is 3.48. The predicted molar refractivity (Wildman–Crippen MR) is 149 cm³/mol. The standard InChI is InChI=1S/C27H32N2OS2.C2H6/c1-3-4-9-20(27(30)29-21-10-5-6-11-21)16-22-18-32-25-13-8-7-12-23(25)24(28-22)17-26-19(2)14-15-31-26;1-2/h4,7-9,12-15,18,20-21H,3,5-6,10-11,16-17H2,1-2H3,(H,29,30);1-2H3/b9-4-;. The van der Waals surface area contributed by atoms with Crippen LogP contribution in [-0.4, -0.2) is 17.7 Å². The van der Waals surface area contributed by atoms with Crippen LogP contribution in [0.5, 0.6) is 0 Å². The van der Waals surface area contributed by atoms with Gasteiger partial charge in [0, 0.05) is 39.9 Å². The highest BCUT2D eigenvalue weighted by Gasteiger charge is 2.24. The molecule has 34 heavy (non-hydrogen) atoms. The molecule has 1 unspecified atom stereocenters. The van der Waals surface area contributed by atoms with E-state index in [0.717, 1.165) is 37.1 Å². The molecule has 1 aliphatic heterocycles. The molecule has 1 atom stereocenters. The summed E-state index contributed by atoms with van der Waals surface area (Å²) in [6.07, 6.45) is 11.2. The Balaban J connectivity index is 0.00000158. The van der Waals surface area contributed by atoms with Gasteiger partial charge >= 0.3 is 0 Å². The number of carbonyl (C=O) groups excluding carboxylic acids is 1. The van der Waals surface area contributed by atoms with Crippen LogP contribution in [-0.2, 0) is 11.2 Å². The fourth-order valence-corrected chi connectivity index (χ4v) is 6.11. The van der Waals surface area contributed by atoms with Gasteiger partial charge in [0.2, 0.25) is 5.91 Å². The molecule has 2 heterocycles. The minimum atomic E-state index is -0.183. The SMILES string of the molecule is CC.CC/C=C\C(CC1=CSc2ccccc2C(Cc2sccc2C)=N1)C(=O)NC1CCCC1. The Bertz CT molecular complexity index is 1030. The smallest absolute Gasteiger partial charge is 0.227 e. The van der Waals surface area contributed by atoms with E-state index in [9.17, 15) is 4.79 Å². The van der Waals surface area contributed by atoms with E-state index in [0.29, 0.717) is 12.5 Å². The number of amides is 1. The van der Waals surface area contributed by atoms with Gasteiger partial charge in [0.1, 0.15) is 0 Å². The van der Waals surface area contributed by atoms with Crippen molar-refractivity contribution in [3.63, 3.8) is 0 Å². The van der Waals surface area contributed by atoms with Gasteiger partial charge in [0.05, 0.1) is 11.6 Å². The summed E-state index contributed by atoms with van der Waals surface area (Å²) in [6, 6.07) is 11.0. The van der Waals surface area contributed by atoms with E-state index >= 15 is 0 Å². The van der Waals surface area contributed by atoms with Gasteiger partial charge < -0.3 is 5.32 Å². The van der Waals surface area contributed by atoms with Crippen molar-refractivity contribution in [1.29, 1.82) is 0 Å². The molecular weight excluding hydrogens is 456 g/mol. The molecule has 1 saturated carbocycles. The molecule has 182 valence electrons. The van der Waals surface area contributed by atoms with E-state index in [1.807, 2.05) is 13.8 Å². The summed E-state index contributed by atoms with van der Waals surface area (Å²) >= 11 is 3.51. The lowest BCUT2D eigenvalue weighted by molar-refractivity contribution is -0.124. The highest BCUT2D eigenvalue weighted by molar-refractivity contribution is 8.02. The van der Waals surface area contributed by atoms with Crippen LogP contribution in [0.25, 0.3) is 0 Å². The molecule has 0 bridgehead atoms. The Hall–Kier alpha value is -2.11. The van der Waals surface area contributed by atoms with Crippen molar-refractivity contribution >= 4 is 34.7 Å². The highest BCUT2D eigenvalue weighted by atomic mass is 32.2. The van der Waals surface area contributed by atoms with Gasteiger partial charge in [-0.05, 0) is 54.7 Å². The largest absolute Gasteiger partial charge is 0.353 e. The molecular formula is C29H38N2OS2. The molecule has 0 spiro atoms. The number of fused-ring (bicyclic) bond motifs is 1. The molecule has 1 aliphatic carbocycles. The Morgan fingerprint density at radius 3 is 2.68 bits per heavy atom. The Morgan fingerprint density at radius 1 is 1.21 bits per heavy atom. The molecule has 1 aromatic heterocycles. The summed E-state index contributed by atoms with van der Waals surface area (Å²) in [4.78, 5) is 20.8. The second kappa shape index (κ2) is 13.7. The first-order valence-corrected chi connectivity index (χ1v) is 14.4. The fourth-order valence-electron chi connectivity index (χ4n) is 4.32. The summed E-state index contributed by atoms with van der Waals surface area (Å²) in [7, 11) is 0. The predicted octanol–water partition coefficient (Wildman–Crippen LogP) is 8.09. The molecule has 0 radical (unpaired) electrons. The van der Waals surface area contributed by atoms with Gasteiger partial charge in [0.15, 0.2) is 0 Å². The van der Waals surface area contributed by atoms with Crippen molar-refractivity contribution in [2.45, 2.75) is 83.6 Å². The van der Waals surface area contributed by atoms with E-state index in [1.165, 1.54) is 33.7 Å². The lowest BCUT2D eigenvalue weighted by Crippen LogP contribution is -2.37. The number of rotatable bonds is 8. The number of allylic oxidation sites excluding steroid dienone is 2. The van der Waals surface area contributed by atoms with Gasteiger partial charge in [-0.2, -0.15) is 0 Å². The molecule has 1 aromatic carbocycles. The zero-order chi connectivity index (χ0) is 24.3. The molecule has 2 aliphatic rings. The van der Waals surface area contributed by atoms with Crippen LogP contribution in [0.4, 0.5) is 0 Å². The molecule has 4 rings (SSSR count). The zero-order valence-electron chi connectivity index (χ0n) is 21.0. The van der Waals surface area contributed by atoms with Gasteiger partial charge in [0.25, 0.3) is 0 Å². The van der Waals surface area contributed by atoms with Crippen LogP contribution in [0.2, 0.25) is 0 Å². The molecule has 0 saturated heterocycles. The molecule has 5 heteroatoms. The summed E-state index contributed by atoms with van der Waals surface area (Å²) in [5, 5.41) is 7.59. The number of thiophene rings is 1. The van der Waals surface area contributed by atoms with E-state index in [2.05, 4.69) is 72.4 Å². The van der Waals surface area contributed by atoms with Gasteiger partial charge in [-0.3, -0.25) is 9.79 Å². The topological polar surface area (TPSA) is 41.5 Å². The number of carbonyl (C=O) groups is 1. The fraction of sp³-hybridized carbons (Fsp3) is 0.448. The van der Waals surface area contributed by atoms with Crippen molar-refractivity contribution in [2.24, 2.45) is 10.9 Å². The number of nitrogens with one attached hydrogen (secondary N) is 1. The average molecular weight is 495 g/mol. The van der Waals surface area contributed by atoms with Crippen molar-refractivity contribution in [1.82, 2.24) is 5.32 Å². The molecule has 1 N–H and O–H groups in total. The lowest BCUT2D eigenvalue weighted by atomic mass is 10.00. The summed E-state index contributed by atoms with van der Waals surface area (Å²) in [6.45, 7) is 8.28. The molecule has 2 aromatic rings. The molecule has 1 fully saturated rings. The van der Waals surface area contributed by atoms with Crippen molar-refractivity contribution in [3.05, 3.63) is 75.0 Å². The highest BCUT2D eigenvalue weighted by Crippen LogP contribution is 2.33. The quantitative estimate of drug-likeness (QED) is 0.377. The summed E-state index contributed by atoms with van der Waals surface area (Å²) in [5.74, 6) is -0.0443. The van der Waals surface area contributed by atoms with E-state index < -0.39 is 0 Å². The van der Waals surface area contributed by atoms with Gasteiger partial charge in [-0.25, -0.2) is 0 Å². The number of thioether (sulfide) groups is 1. The first-order chi connectivity index (χ1) is 16.6. The zero-order valence-corrected chi connectivity index (χ0v) is 22.6. The van der Waals surface area contributed by atoms with Crippen molar-refractivity contribution in [3.8, 4) is 0 Å². The summed E-state index contributed by atoms with van der Waals surface area (Å²) < 4.78 is 0. The van der Waals surface area contributed by atoms with Crippen LogP contribution in [0.1, 0.15) is 75.3 Å². The maximum Gasteiger partial charge on any atom is 0.227 e. The van der Waals surface area contributed by atoms with Crippen LogP contribution in [0.3, 0.4) is 0 Å². The number of benzene rings is 1. The van der Waals surface area contributed by atoms with E-state index in [1.54, 1.807) is 23.1 Å². The first-order valence-electron chi connectivity index (χ1n) is 12.7. The number of nitrogens with zero attached hydrogens (tertiary/aromatic N) is 1. The molecule has 1 amide bonds. The Morgan fingerprint density at radius 2 is 1.97 bits per heavy atom. The summed E-state index contributed by atoms with van der Waals surface area (Å²) in [5.41, 5.74) is 4.60. The maximum atomic E-state index is 13.1. The van der Waals surface area contributed by atoms with E-state index in [4.69, 9.17) is 4.99 Å². The number of hydrogen-bond acceptors (Lipinski definition) is 4. The van der Waals surface area contributed by atoms with Crippen LogP contribution in [0.15, 0.2) is 68.9 Å². The number of aliphatic imine (C=N–C) groups is 1. The van der Waals surface area contributed by atoms with E-state index in [-0.39, 0.29) is 11.8 Å². The maximum absolute atomic E-state index is 13.1. The molecule has 3 nitrogen and oxygen atoms in total. The van der Waals surface area contributed by atoms with Crippen molar-refractivity contribution < 1.29 is 4.79 Å². The minimum Gasteiger partial charge on any atom is -0.353 e. The van der Waals surface area contributed by atoms with Crippen molar-refractivity contribution in [2.75, 3.05) is 0 Å². The second-order valence-corrected chi connectivity index (χ2v) is 10.5. The normalized spacial score (nSPS) is 16.7. The Kier molecular flexibility index (Phi) is 10.7. The van der Waals surface area contributed by atoms with Crippen LogP contribution < -0.4 is 5.32 Å². The third-order valence-electron chi connectivity index (χ3n) is 6.17. The van der Waals surface area contributed by atoms with Gasteiger partial charge in [-0.1, -0.05) is 75.7 Å². The minimum absolute atomic E-state index is 0.139. The first kappa shape index (κ1) is 26.5. The Labute approximate surface area is 213 Å². The second-order valence-electron chi connectivity index (χ2n) is 8.62. The number of aryl methyl sites for hydroxylation is 1. The third kappa shape index (κ3) is 7.19. The van der Waals surface area contributed by atoms with Crippen LogP contribution >= 0.6 is 23.1 Å².